The quantitative estimate of drug-likeness (QED) is 0.804. The second-order valence-electron chi connectivity index (χ2n) is 6.79. The summed E-state index contributed by atoms with van der Waals surface area (Å²) in [6, 6.07) is 8.56. The maximum absolute atomic E-state index is 6.24. The average Bonchev–Trinajstić information content (AvgIpc) is 2.59. The number of aryl methyl sites for hydroxylation is 1. The van der Waals surface area contributed by atoms with Gasteiger partial charge >= 0.3 is 0 Å². The third kappa shape index (κ3) is 5.20. The normalized spacial score (nSPS) is 21.4. The molecule has 2 saturated heterocycles. The lowest BCUT2D eigenvalue weighted by Gasteiger charge is -2.32. The number of hydrogen-bond donors (Lipinski definition) is 0. The molecule has 0 spiro atoms. The molecular formula is C19H30N2O2. The van der Waals surface area contributed by atoms with Gasteiger partial charge in [0.05, 0.1) is 13.2 Å². The first-order valence-electron chi connectivity index (χ1n) is 9.04. The molecule has 128 valence electrons. The minimum atomic E-state index is 0.322. The van der Waals surface area contributed by atoms with Gasteiger partial charge in [-0.05, 0) is 38.1 Å². The molecule has 0 aliphatic carbocycles. The van der Waals surface area contributed by atoms with Crippen LogP contribution < -0.4 is 4.74 Å². The van der Waals surface area contributed by atoms with Gasteiger partial charge in [0.2, 0.25) is 0 Å². The molecule has 0 saturated carbocycles. The lowest BCUT2D eigenvalue weighted by molar-refractivity contribution is 0.0251. The van der Waals surface area contributed by atoms with Crippen molar-refractivity contribution in [2.75, 3.05) is 53.0 Å². The zero-order valence-electron chi connectivity index (χ0n) is 14.4. The number of piperazine rings is 1. The van der Waals surface area contributed by atoms with Crippen molar-refractivity contribution in [1.82, 2.24) is 9.80 Å². The van der Waals surface area contributed by atoms with Crippen LogP contribution in [0.4, 0.5) is 0 Å². The number of para-hydroxylation sites is 1. The third-order valence-corrected chi connectivity index (χ3v) is 4.95. The Hall–Kier alpha value is -1.10. The molecule has 1 aromatic carbocycles. The van der Waals surface area contributed by atoms with Crippen LogP contribution in [-0.2, 0) is 11.2 Å². The van der Waals surface area contributed by atoms with E-state index >= 15 is 0 Å². The van der Waals surface area contributed by atoms with Gasteiger partial charge in [-0.2, -0.15) is 0 Å². The number of hydrogen-bond acceptors (Lipinski definition) is 4. The molecule has 2 aliphatic heterocycles. The van der Waals surface area contributed by atoms with Gasteiger partial charge in [-0.3, -0.25) is 0 Å². The number of nitrogens with zero attached hydrogens (tertiary/aromatic N) is 2. The van der Waals surface area contributed by atoms with Gasteiger partial charge < -0.3 is 19.3 Å². The average molecular weight is 318 g/mol. The van der Waals surface area contributed by atoms with Gasteiger partial charge in [-0.25, -0.2) is 0 Å². The van der Waals surface area contributed by atoms with Gasteiger partial charge in [0, 0.05) is 39.0 Å². The van der Waals surface area contributed by atoms with E-state index in [1.54, 1.807) is 0 Å². The molecule has 0 amide bonds. The highest BCUT2D eigenvalue weighted by Crippen LogP contribution is 2.23. The molecule has 0 bridgehead atoms. The summed E-state index contributed by atoms with van der Waals surface area (Å²) in [6.07, 6.45) is 4.65. The fraction of sp³-hybridized carbons (Fsp3) is 0.684. The molecule has 4 heteroatoms. The van der Waals surface area contributed by atoms with Crippen molar-refractivity contribution in [2.45, 2.75) is 31.8 Å². The first kappa shape index (κ1) is 16.7. The minimum Gasteiger partial charge on any atom is -0.490 e. The highest BCUT2D eigenvalue weighted by Gasteiger charge is 2.17. The molecule has 3 rings (SSSR count). The van der Waals surface area contributed by atoms with Crippen molar-refractivity contribution >= 4 is 0 Å². The molecule has 23 heavy (non-hydrogen) atoms. The van der Waals surface area contributed by atoms with Crippen molar-refractivity contribution in [3.63, 3.8) is 0 Å². The molecule has 0 atom stereocenters. The molecule has 4 nitrogen and oxygen atoms in total. The molecule has 0 unspecified atom stereocenters. The van der Waals surface area contributed by atoms with E-state index in [1.165, 1.54) is 44.7 Å². The van der Waals surface area contributed by atoms with Crippen molar-refractivity contribution in [3.8, 4) is 5.75 Å². The Kier molecular flexibility index (Phi) is 6.31. The molecule has 2 aliphatic rings. The van der Waals surface area contributed by atoms with Crippen LogP contribution in [0, 0.1) is 0 Å². The largest absolute Gasteiger partial charge is 0.490 e. The second-order valence-corrected chi connectivity index (χ2v) is 6.79. The van der Waals surface area contributed by atoms with E-state index in [0.717, 1.165) is 38.2 Å². The van der Waals surface area contributed by atoms with Gasteiger partial charge in [0.15, 0.2) is 0 Å². The summed E-state index contributed by atoms with van der Waals surface area (Å²) < 4.78 is 11.7. The van der Waals surface area contributed by atoms with Crippen LogP contribution in [-0.4, -0.2) is 68.9 Å². The van der Waals surface area contributed by atoms with Crippen LogP contribution in [0.3, 0.4) is 0 Å². The smallest absolute Gasteiger partial charge is 0.122 e. The standard InChI is InChI=1S/C19H30N2O2/c1-20-11-13-21(14-12-20)10-4-6-17-5-2-3-7-19(17)23-18-8-15-22-16-9-18/h2-3,5,7,18H,4,6,8-16H2,1H3. The fourth-order valence-electron chi connectivity index (χ4n) is 3.36. The van der Waals surface area contributed by atoms with Crippen LogP contribution in [0.2, 0.25) is 0 Å². The van der Waals surface area contributed by atoms with Crippen molar-refractivity contribution in [2.24, 2.45) is 0 Å². The van der Waals surface area contributed by atoms with E-state index in [4.69, 9.17) is 9.47 Å². The zero-order valence-corrected chi connectivity index (χ0v) is 14.4. The Morgan fingerprint density at radius 1 is 1.09 bits per heavy atom. The summed E-state index contributed by atoms with van der Waals surface area (Å²) >= 11 is 0. The third-order valence-electron chi connectivity index (χ3n) is 4.95. The molecule has 2 heterocycles. The molecule has 2 fully saturated rings. The van der Waals surface area contributed by atoms with E-state index in [2.05, 4.69) is 41.1 Å². The van der Waals surface area contributed by atoms with Crippen molar-refractivity contribution in [3.05, 3.63) is 29.8 Å². The number of ether oxygens (including phenoxy) is 2. The summed E-state index contributed by atoms with van der Waals surface area (Å²) in [6.45, 7) is 7.66. The number of likely N-dealkylation sites (N-methyl/N-ethyl adjacent to an activating group) is 1. The van der Waals surface area contributed by atoms with Crippen LogP contribution in [0.1, 0.15) is 24.8 Å². The van der Waals surface area contributed by atoms with Crippen molar-refractivity contribution in [1.29, 1.82) is 0 Å². The summed E-state index contributed by atoms with van der Waals surface area (Å²) in [5, 5.41) is 0. The molecule has 0 radical (unpaired) electrons. The second kappa shape index (κ2) is 8.67. The molecule has 1 aromatic rings. The molecular weight excluding hydrogens is 288 g/mol. The maximum atomic E-state index is 6.24. The monoisotopic (exact) mass is 318 g/mol. The summed E-state index contributed by atoms with van der Waals surface area (Å²) in [5.74, 6) is 1.08. The van der Waals surface area contributed by atoms with Gasteiger partial charge in [-0.15, -0.1) is 0 Å². The van der Waals surface area contributed by atoms with E-state index in [9.17, 15) is 0 Å². The molecule has 0 aromatic heterocycles. The Morgan fingerprint density at radius 2 is 1.83 bits per heavy atom. The molecule has 0 N–H and O–H groups in total. The fourth-order valence-corrected chi connectivity index (χ4v) is 3.36. The predicted molar refractivity (Wildman–Crippen MR) is 93.2 cm³/mol. The first-order valence-corrected chi connectivity index (χ1v) is 9.04. The van der Waals surface area contributed by atoms with E-state index in [-0.39, 0.29) is 0 Å². The highest BCUT2D eigenvalue weighted by molar-refractivity contribution is 5.33. The Labute approximate surface area is 140 Å². The van der Waals surface area contributed by atoms with E-state index in [0.29, 0.717) is 6.10 Å². The number of benzene rings is 1. The minimum absolute atomic E-state index is 0.322. The van der Waals surface area contributed by atoms with Gasteiger partial charge in [0.1, 0.15) is 11.9 Å². The number of rotatable bonds is 6. The Morgan fingerprint density at radius 3 is 2.61 bits per heavy atom. The maximum Gasteiger partial charge on any atom is 0.122 e. The summed E-state index contributed by atoms with van der Waals surface area (Å²) in [5.41, 5.74) is 1.35. The van der Waals surface area contributed by atoms with Crippen molar-refractivity contribution < 1.29 is 9.47 Å². The summed E-state index contributed by atoms with van der Waals surface area (Å²) in [4.78, 5) is 5.00. The lowest BCUT2D eigenvalue weighted by Crippen LogP contribution is -2.44. The van der Waals surface area contributed by atoms with E-state index < -0.39 is 0 Å². The van der Waals surface area contributed by atoms with Crippen LogP contribution in [0.15, 0.2) is 24.3 Å². The Balaban J connectivity index is 1.47. The Bertz CT molecular complexity index is 466. The predicted octanol–water partition coefficient (Wildman–Crippen LogP) is 2.42. The SMILES string of the molecule is CN1CCN(CCCc2ccccc2OC2CCOCC2)CC1. The first-order chi connectivity index (χ1) is 11.3. The van der Waals surface area contributed by atoms with Gasteiger partial charge in [-0.1, -0.05) is 18.2 Å². The van der Waals surface area contributed by atoms with Crippen LogP contribution in [0.25, 0.3) is 0 Å². The van der Waals surface area contributed by atoms with Crippen LogP contribution in [0.5, 0.6) is 5.75 Å². The lowest BCUT2D eigenvalue weighted by atomic mass is 10.1. The van der Waals surface area contributed by atoms with Gasteiger partial charge in [0.25, 0.3) is 0 Å². The van der Waals surface area contributed by atoms with E-state index in [1.807, 2.05) is 0 Å². The highest BCUT2D eigenvalue weighted by atomic mass is 16.5. The van der Waals surface area contributed by atoms with Crippen LogP contribution >= 0.6 is 0 Å². The zero-order chi connectivity index (χ0) is 15.9. The topological polar surface area (TPSA) is 24.9 Å². The summed E-state index contributed by atoms with van der Waals surface area (Å²) in [7, 11) is 2.21.